The van der Waals surface area contributed by atoms with Gasteiger partial charge in [-0.1, -0.05) is 43.2 Å². The Morgan fingerprint density at radius 1 is 0.947 bits per heavy atom. The Kier molecular flexibility index (Phi) is 3.82. The number of benzene rings is 1. The van der Waals surface area contributed by atoms with Gasteiger partial charge >= 0.3 is 0 Å². The first-order valence-electron chi connectivity index (χ1n) is 7.64. The van der Waals surface area contributed by atoms with Crippen LogP contribution in [0.15, 0.2) is 35.9 Å². The van der Waals surface area contributed by atoms with E-state index in [0.717, 1.165) is 24.3 Å². The van der Waals surface area contributed by atoms with Crippen LogP contribution in [0.5, 0.6) is 0 Å². The van der Waals surface area contributed by atoms with Gasteiger partial charge in [-0.2, -0.15) is 0 Å². The zero-order chi connectivity index (χ0) is 13.1. The molecule has 1 aromatic rings. The molecule has 1 nitrogen and oxygen atoms in total. The quantitative estimate of drug-likeness (QED) is 0.703. The lowest BCUT2D eigenvalue weighted by Crippen LogP contribution is -2.24. The zero-order valence-electron chi connectivity index (χ0n) is 11.5. The molecule has 2 aliphatic carbocycles. The predicted molar refractivity (Wildman–Crippen MR) is 78.7 cm³/mol. The topological polar surface area (TPSA) is 17.1 Å². The van der Waals surface area contributed by atoms with E-state index in [1.165, 1.54) is 37.7 Å². The first-order valence-corrected chi connectivity index (χ1v) is 7.64. The van der Waals surface area contributed by atoms with Gasteiger partial charge < -0.3 is 0 Å². The number of allylic oxidation sites excluding steroid dienone is 1. The SMILES string of the molecule is O=C1CCCC(C2CCCC2)C1=Cc1ccccc1. The predicted octanol–water partition coefficient (Wildman–Crippen LogP) is 4.63. The monoisotopic (exact) mass is 254 g/mol. The third-order valence-electron chi connectivity index (χ3n) is 4.73. The van der Waals surface area contributed by atoms with E-state index in [4.69, 9.17) is 0 Å². The van der Waals surface area contributed by atoms with Crippen LogP contribution < -0.4 is 0 Å². The molecule has 0 aromatic heterocycles. The van der Waals surface area contributed by atoms with E-state index >= 15 is 0 Å². The molecule has 0 bridgehead atoms. The van der Waals surface area contributed by atoms with Gasteiger partial charge in [0.25, 0.3) is 0 Å². The number of rotatable bonds is 2. The molecule has 1 unspecified atom stereocenters. The Hall–Kier alpha value is -1.37. The summed E-state index contributed by atoms with van der Waals surface area (Å²) in [5, 5.41) is 0. The Morgan fingerprint density at radius 3 is 2.42 bits per heavy atom. The van der Waals surface area contributed by atoms with Crippen molar-refractivity contribution in [3.05, 3.63) is 41.5 Å². The minimum atomic E-state index is 0.395. The molecule has 1 atom stereocenters. The number of ketones is 1. The molecular formula is C18H22O. The molecule has 100 valence electrons. The summed E-state index contributed by atoms with van der Waals surface area (Å²) in [6.07, 6.45) is 10.6. The number of Topliss-reactive ketones (excluding diaryl/α,β-unsaturated/α-hetero) is 1. The maximum absolute atomic E-state index is 12.3. The molecule has 2 saturated carbocycles. The van der Waals surface area contributed by atoms with E-state index in [-0.39, 0.29) is 0 Å². The van der Waals surface area contributed by atoms with Crippen LogP contribution in [-0.2, 0) is 4.79 Å². The van der Waals surface area contributed by atoms with Crippen LogP contribution in [-0.4, -0.2) is 5.78 Å². The highest BCUT2D eigenvalue weighted by atomic mass is 16.1. The van der Waals surface area contributed by atoms with Crippen LogP contribution in [0.4, 0.5) is 0 Å². The summed E-state index contributed by atoms with van der Waals surface area (Å²) in [6, 6.07) is 10.3. The fourth-order valence-corrected chi connectivity index (χ4v) is 3.75. The molecule has 1 heteroatoms. The second kappa shape index (κ2) is 5.73. The van der Waals surface area contributed by atoms with Crippen LogP contribution in [0.25, 0.3) is 6.08 Å². The normalized spacial score (nSPS) is 27.1. The van der Waals surface area contributed by atoms with Crippen LogP contribution in [0.2, 0.25) is 0 Å². The Labute approximate surface area is 115 Å². The Balaban J connectivity index is 1.89. The van der Waals surface area contributed by atoms with Crippen LogP contribution in [0.1, 0.15) is 50.5 Å². The van der Waals surface area contributed by atoms with Crippen molar-refractivity contribution in [3.63, 3.8) is 0 Å². The average Bonchev–Trinajstić information content (AvgIpc) is 2.96. The van der Waals surface area contributed by atoms with E-state index in [9.17, 15) is 4.79 Å². The molecule has 0 aliphatic heterocycles. The zero-order valence-corrected chi connectivity index (χ0v) is 11.5. The van der Waals surface area contributed by atoms with Crippen molar-refractivity contribution < 1.29 is 4.79 Å². The molecular weight excluding hydrogens is 232 g/mol. The summed E-state index contributed by atoms with van der Waals surface area (Å²) < 4.78 is 0. The van der Waals surface area contributed by atoms with E-state index in [1.807, 2.05) is 18.2 Å². The summed E-state index contributed by atoms with van der Waals surface area (Å²) in [5.41, 5.74) is 2.29. The van der Waals surface area contributed by atoms with Crippen molar-refractivity contribution in [2.24, 2.45) is 11.8 Å². The highest BCUT2D eigenvalue weighted by molar-refractivity contribution is 6.00. The fraction of sp³-hybridized carbons (Fsp3) is 0.500. The molecule has 2 fully saturated rings. The minimum absolute atomic E-state index is 0.395. The van der Waals surface area contributed by atoms with Crippen molar-refractivity contribution in [2.45, 2.75) is 44.9 Å². The highest BCUT2D eigenvalue weighted by Gasteiger charge is 2.33. The van der Waals surface area contributed by atoms with Crippen molar-refractivity contribution in [2.75, 3.05) is 0 Å². The van der Waals surface area contributed by atoms with Gasteiger partial charge in [0, 0.05) is 6.42 Å². The van der Waals surface area contributed by atoms with Gasteiger partial charge in [0.05, 0.1) is 0 Å². The molecule has 0 spiro atoms. The van der Waals surface area contributed by atoms with Crippen molar-refractivity contribution in [1.29, 1.82) is 0 Å². The second-order valence-corrected chi connectivity index (χ2v) is 5.98. The van der Waals surface area contributed by atoms with Crippen LogP contribution in [0.3, 0.4) is 0 Å². The average molecular weight is 254 g/mol. The molecule has 1 aromatic carbocycles. The van der Waals surface area contributed by atoms with E-state index in [1.54, 1.807) is 0 Å². The lowest BCUT2D eigenvalue weighted by molar-refractivity contribution is -0.117. The van der Waals surface area contributed by atoms with Gasteiger partial charge in [-0.25, -0.2) is 0 Å². The summed E-state index contributed by atoms with van der Waals surface area (Å²) in [4.78, 5) is 12.3. The van der Waals surface area contributed by atoms with Crippen molar-refractivity contribution in [1.82, 2.24) is 0 Å². The standard InChI is InChI=1S/C18H22O/c19-18-12-6-11-16(15-9-4-5-10-15)17(18)13-14-7-2-1-3-8-14/h1-3,7-8,13,15-16H,4-6,9-12H2. The molecule has 0 amide bonds. The minimum Gasteiger partial charge on any atom is -0.295 e. The maximum atomic E-state index is 12.3. The molecule has 0 radical (unpaired) electrons. The maximum Gasteiger partial charge on any atom is 0.159 e. The van der Waals surface area contributed by atoms with E-state index in [0.29, 0.717) is 11.7 Å². The largest absolute Gasteiger partial charge is 0.295 e. The van der Waals surface area contributed by atoms with Gasteiger partial charge in [-0.15, -0.1) is 0 Å². The Bertz CT molecular complexity index is 466. The Morgan fingerprint density at radius 2 is 1.68 bits per heavy atom. The fourth-order valence-electron chi connectivity index (χ4n) is 3.75. The molecule has 0 heterocycles. The van der Waals surface area contributed by atoms with Crippen LogP contribution >= 0.6 is 0 Å². The highest BCUT2D eigenvalue weighted by Crippen LogP contribution is 2.41. The summed E-state index contributed by atoms with van der Waals surface area (Å²) in [5.74, 6) is 1.69. The molecule has 0 N–H and O–H groups in total. The molecule has 19 heavy (non-hydrogen) atoms. The lowest BCUT2D eigenvalue weighted by Gasteiger charge is -2.29. The van der Waals surface area contributed by atoms with Gasteiger partial charge in [-0.3, -0.25) is 4.79 Å². The third-order valence-corrected chi connectivity index (χ3v) is 4.73. The number of carbonyl (C=O) groups is 1. The summed E-state index contributed by atoms with van der Waals surface area (Å²) in [7, 11) is 0. The van der Waals surface area contributed by atoms with Crippen molar-refractivity contribution >= 4 is 11.9 Å². The van der Waals surface area contributed by atoms with Gasteiger partial charge in [-0.05, 0) is 54.7 Å². The van der Waals surface area contributed by atoms with Crippen LogP contribution in [0, 0.1) is 11.8 Å². The van der Waals surface area contributed by atoms with Gasteiger partial charge in [0.1, 0.15) is 0 Å². The van der Waals surface area contributed by atoms with Crippen molar-refractivity contribution in [3.8, 4) is 0 Å². The summed E-state index contributed by atoms with van der Waals surface area (Å²) in [6.45, 7) is 0. The van der Waals surface area contributed by atoms with Gasteiger partial charge in [0.2, 0.25) is 0 Å². The third kappa shape index (κ3) is 2.80. The smallest absolute Gasteiger partial charge is 0.159 e. The first-order chi connectivity index (χ1) is 9.34. The van der Waals surface area contributed by atoms with Gasteiger partial charge in [0.15, 0.2) is 5.78 Å². The lowest BCUT2D eigenvalue weighted by atomic mass is 9.74. The van der Waals surface area contributed by atoms with E-state index < -0.39 is 0 Å². The molecule has 3 rings (SSSR count). The van der Waals surface area contributed by atoms with E-state index in [2.05, 4.69) is 18.2 Å². The molecule has 2 aliphatic rings. The first kappa shape index (κ1) is 12.7. The molecule has 0 saturated heterocycles. The number of hydrogen-bond donors (Lipinski definition) is 0. The number of hydrogen-bond acceptors (Lipinski definition) is 1. The second-order valence-electron chi connectivity index (χ2n) is 5.98. The number of carbonyl (C=O) groups excluding carboxylic acids is 1. The summed E-state index contributed by atoms with van der Waals surface area (Å²) >= 11 is 0.